The van der Waals surface area contributed by atoms with Gasteiger partial charge in [-0.05, 0) is 56.7 Å². The number of aryl methyl sites for hydroxylation is 1. The van der Waals surface area contributed by atoms with Gasteiger partial charge in [0.25, 0.3) is 0 Å². The Labute approximate surface area is 168 Å². The van der Waals surface area contributed by atoms with E-state index in [-0.39, 0.29) is 0 Å². The smallest absolute Gasteiger partial charge is 0.139 e. The summed E-state index contributed by atoms with van der Waals surface area (Å²) >= 11 is 0. The zero-order chi connectivity index (χ0) is 19.0. The number of nitrogens with zero attached hydrogens (tertiary/aromatic N) is 2. The minimum atomic E-state index is 0.493. The second-order valence-corrected chi connectivity index (χ2v) is 8.24. The molecule has 2 aromatic rings. The Morgan fingerprint density at radius 2 is 2.11 bits per heavy atom. The summed E-state index contributed by atoms with van der Waals surface area (Å²) in [4.78, 5) is 6.88. The molecule has 1 N–H and O–H groups in total. The third-order valence-corrected chi connectivity index (χ3v) is 6.16. The molecule has 0 aromatic carbocycles. The van der Waals surface area contributed by atoms with E-state index in [2.05, 4.69) is 27.3 Å². The number of unbranched alkanes of at least 4 members (excludes halogenated alkanes) is 1. The molecule has 1 atom stereocenters. The van der Waals surface area contributed by atoms with Crippen LogP contribution in [0.4, 0.5) is 5.69 Å². The summed E-state index contributed by atoms with van der Waals surface area (Å²) in [7, 11) is 0. The van der Waals surface area contributed by atoms with Crippen molar-refractivity contribution in [2.75, 3.05) is 31.1 Å². The van der Waals surface area contributed by atoms with E-state index in [0.717, 1.165) is 50.1 Å². The summed E-state index contributed by atoms with van der Waals surface area (Å²) in [6.45, 7) is 4.10. The van der Waals surface area contributed by atoms with E-state index in [1.54, 1.807) is 6.26 Å². The fraction of sp³-hybridized carbons (Fsp3) is 0.609. The third kappa shape index (κ3) is 5.51. The molecule has 2 aliphatic heterocycles. The Bertz CT molecular complexity index is 690. The molecule has 0 amide bonds. The lowest BCUT2D eigenvalue weighted by Gasteiger charge is -2.33. The summed E-state index contributed by atoms with van der Waals surface area (Å²) in [5, 5.41) is 3.48. The molecule has 1 unspecified atom stereocenters. The highest BCUT2D eigenvalue weighted by molar-refractivity contribution is 5.48. The maximum atomic E-state index is 5.98. The van der Waals surface area contributed by atoms with Gasteiger partial charge in [-0.25, -0.2) is 0 Å². The number of furan rings is 1. The van der Waals surface area contributed by atoms with Gasteiger partial charge >= 0.3 is 0 Å². The van der Waals surface area contributed by atoms with Gasteiger partial charge in [0, 0.05) is 31.6 Å². The van der Waals surface area contributed by atoms with Gasteiger partial charge in [0.05, 0.1) is 24.3 Å². The molecule has 2 fully saturated rings. The molecule has 5 nitrogen and oxygen atoms in total. The largest absolute Gasteiger partial charge is 0.490 e. The highest BCUT2D eigenvalue weighted by atomic mass is 16.5. The van der Waals surface area contributed by atoms with Crippen LogP contribution in [0, 0.1) is 5.92 Å². The molecule has 0 saturated carbocycles. The van der Waals surface area contributed by atoms with Crippen molar-refractivity contribution >= 4 is 5.69 Å². The quantitative estimate of drug-likeness (QED) is 0.649. The van der Waals surface area contributed by atoms with Crippen LogP contribution >= 0.6 is 0 Å². The van der Waals surface area contributed by atoms with Gasteiger partial charge in [0.2, 0.25) is 0 Å². The predicted molar refractivity (Wildman–Crippen MR) is 112 cm³/mol. The molecular formula is C23H33N3O2. The minimum Gasteiger partial charge on any atom is -0.490 e. The van der Waals surface area contributed by atoms with E-state index in [9.17, 15) is 0 Å². The molecule has 152 valence electrons. The molecule has 5 heteroatoms. The summed E-state index contributed by atoms with van der Waals surface area (Å²) in [6, 6.07) is 6.71. The second-order valence-electron chi connectivity index (χ2n) is 8.24. The van der Waals surface area contributed by atoms with Crippen LogP contribution in [0.1, 0.15) is 50.7 Å². The van der Waals surface area contributed by atoms with Crippen molar-refractivity contribution in [3.8, 4) is 5.75 Å². The molecule has 28 heavy (non-hydrogen) atoms. The molecular weight excluding hydrogens is 350 g/mol. The van der Waals surface area contributed by atoms with Crippen molar-refractivity contribution in [3.63, 3.8) is 0 Å². The van der Waals surface area contributed by atoms with Crippen molar-refractivity contribution in [1.82, 2.24) is 10.3 Å². The second kappa shape index (κ2) is 9.97. The monoisotopic (exact) mass is 383 g/mol. The fourth-order valence-corrected chi connectivity index (χ4v) is 4.42. The maximum absolute atomic E-state index is 5.98. The van der Waals surface area contributed by atoms with E-state index >= 15 is 0 Å². The number of piperidine rings is 1. The zero-order valence-electron chi connectivity index (χ0n) is 16.8. The summed E-state index contributed by atoms with van der Waals surface area (Å²) in [5.74, 6) is 2.87. The minimum absolute atomic E-state index is 0.493. The van der Waals surface area contributed by atoms with E-state index in [1.165, 1.54) is 50.6 Å². The van der Waals surface area contributed by atoms with Crippen LogP contribution in [0.2, 0.25) is 0 Å². The van der Waals surface area contributed by atoms with Crippen LogP contribution in [0.15, 0.2) is 41.3 Å². The molecule has 0 bridgehead atoms. The van der Waals surface area contributed by atoms with Crippen LogP contribution in [0.3, 0.4) is 0 Å². The average Bonchev–Trinajstić information content (AvgIpc) is 3.45. The first-order valence-electron chi connectivity index (χ1n) is 11.0. The number of hydrogen-bond donors (Lipinski definition) is 1. The highest BCUT2D eigenvalue weighted by Gasteiger charge is 2.20. The average molecular weight is 384 g/mol. The van der Waals surface area contributed by atoms with Crippen molar-refractivity contribution in [2.45, 2.75) is 57.4 Å². The Kier molecular flexibility index (Phi) is 6.87. The summed E-state index contributed by atoms with van der Waals surface area (Å²) in [6.07, 6.45) is 15.5. The van der Waals surface area contributed by atoms with Gasteiger partial charge in [-0.2, -0.15) is 0 Å². The maximum Gasteiger partial charge on any atom is 0.139 e. The van der Waals surface area contributed by atoms with E-state index in [0.29, 0.717) is 6.04 Å². The predicted octanol–water partition coefficient (Wildman–Crippen LogP) is 4.43. The van der Waals surface area contributed by atoms with Crippen LogP contribution in [-0.2, 0) is 6.42 Å². The molecule has 2 saturated heterocycles. The van der Waals surface area contributed by atoms with Gasteiger partial charge in [0.1, 0.15) is 18.1 Å². The van der Waals surface area contributed by atoms with Gasteiger partial charge < -0.3 is 19.4 Å². The number of pyridine rings is 1. The highest BCUT2D eigenvalue weighted by Crippen LogP contribution is 2.28. The lowest BCUT2D eigenvalue weighted by molar-refractivity contribution is 0.276. The van der Waals surface area contributed by atoms with Crippen LogP contribution in [0.25, 0.3) is 0 Å². The van der Waals surface area contributed by atoms with Crippen LogP contribution in [0.5, 0.6) is 5.75 Å². The normalized spacial score (nSPS) is 20.6. The van der Waals surface area contributed by atoms with E-state index in [4.69, 9.17) is 9.15 Å². The van der Waals surface area contributed by atoms with Gasteiger partial charge in [0.15, 0.2) is 0 Å². The molecule has 0 radical (unpaired) electrons. The SMILES string of the molecule is c1coc(CCCCC2CCN(c3cncc(OCC4CCCN4)c3)CC2)c1. The standard InChI is InChI=1S/C23H33N3O2/c1(2-7-22-8-4-14-27-22)5-19-9-12-26(13-10-19)21-15-23(17-24-16-21)28-18-20-6-3-11-25-20/h4,8,14-17,19-20,25H,1-3,5-7,9-13,18H2. The molecule has 4 heterocycles. The number of ether oxygens (including phenoxy) is 1. The van der Waals surface area contributed by atoms with E-state index < -0.39 is 0 Å². The van der Waals surface area contributed by atoms with Gasteiger partial charge in [-0.3, -0.25) is 4.98 Å². The van der Waals surface area contributed by atoms with Crippen molar-refractivity contribution < 1.29 is 9.15 Å². The topological polar surface area (TPSA) is 50.5 Å². The lowest BCUT2D eigenvalue weighted by atomic mass is 9.91. The Morgan fingerprint density at radius 3 is 2.89 bits per heavy atom. The van der Waals surface area contributed by atoms with Crippen molar-refractivity contribution in [3.05, 3.63) is 42.6 Å². The van der Waals surface area contributed by atoms with Gasteiger partial charge in [-0.1, -0.05) is 12.8 Å². The molecule has 4 rings (SSSR count). The third-order valence-electron chi connectivity index (χ3n) is 6.16. The Balaban J connectivity index is 1.17. The summed E-state index contributed by atoms with van der Waals surface area (Å²) < 4.78 is 11.4. The molecule has 0 aliphatic carbocycles. The van der Waals surface area contributed by atoms with Crippen LogP contribution < -0.4 is 15.0 Å². The first kappa shape index (κ1) is 19.3. The molecule has 2 aromatic heterocycles. The zero-order valence-corrected chi connectivity index (χ0v) is 16.8. The number of anilines is 1. The first-order valence-corrected chi connectivity index (χ1v) is 11.0. The summed E-state index contributed by atoms with van der Waals surface area (Å²) in [5.41, 5.74) is 1.20. The van der Waals surface area contributed by atoms with Crippen molar-refractivity contribution in [1.29, 1.82) is 0 Å². The number of rotatable bonds is 9. The lowest BCUT2D eigenvalue weighted by Crippen LogP contribution is -2.33. The first-order chi connectivity index (χ1) is 13.9. The molecule has 2 aliphatic rings. The number of aromatic nitrogens is 1. The van der Waals surface area contributed by atoms with Gasteiger partial charge in [-0.15, -0.1) is 0 Å². The van der Waals surface area contributed by atoms with E-state index in [1.807, 2.05) is 18.5 Å². The number of hydrogen-bond acceptors (Lipinski definition) is 5. The molecule has 0 spiro atoms. The van der Waals surface area contributed by atoms with Crippen molar-refractivity contribution in [2.24, 2.45) is 5.92 Å². The Morgan fingerprint density at radius 1 is 1.18 bits per heavy atom. The fourth-order valence-electron chi connectivity index (χ4n) is 4.42. The number of nitrogens with one attached hydrogen (secondary N) is 1. The van der Waals surface area contributed by atoms with Crippen LogP contribution in [-0.4, -0.2) is 37.3 Å². The Hall–Kier alpha value is -2.01.